The van der Waals surface area contributed by atoms with E-state index in [0.29, 0.717) is 24.9 Å². The average Bonchev–Trinajstić information content (AvgIpc) is 3.32. The zero-order valence-electron chi connectivity index (χ0n) is 23.7. The predicted octanol–water partition coefficient (Wildman–Crippen LogP) is 6.04. The van der Waals surface area contributed by atoms with Gasteiger partial charge in [-0.3, -0.25) is 9.78 Å². The average molecular weight is 559 g/mol. The quantitative estimate of drug-likeness (QED) is 0.275. The number of nitrogens with zero attached hydrogens (tertiary/aromatic N) is 2. The molecular formula is C32H38N4O3S. The van der Waals surface area contributed by atoms with Crippen LogP contribution in [0.1, 0.15) is 67.5 Å². The van der Waals surface area contributed by atoms with Crippen LogP contribution in [0.15, 0.2) is 65.6 Å². The number of rotatable bonds is 8. The summed E-state index contributed by atoms with van der Waals surface area (Å²) in [7, 11) is -3.61. The van der Waals surface area contributed by atoms with Gasteiger partial charge < -0.3 is 9.88 Å². The van der Waals surface area contributed by atoms with E-state index in [-0.39, 0.29) is 23.8 Å². The summed E-state index contributed by atoms with van der Waals surface area (Å²) in [6.45, 7) is 10.00. The number of benzene rings is 2. The van der Waals surface area contributed by atoms with Crippen molar-refractivity contribution in [2.75, 3.05) is 19.6 Å². The van der Waals surface area contributed by atoms with Gasteiger partial charge in [-0.2, -0.15) is 0 Å². The number of H-pyrrole nitrogens is 1. The number of hydrogen-bond acceptors (Lipinski definition) is 4. The second kappa shape index (κ2) is 11.6. The Morgan fingerprint density at radius 1 is 1.02 bits per heavy atom. The monoisotopic (exact) mass is 558 g/mol. The van der Waals surface area contributed by atoms with Crippen molar-refractivity contribution in [1.29, 1.82) is 0 Å². The molecule has 0 bridgehead atoms. The minimum absolute atomic E-state index is 0.00929. The maximum Gasteiger partial charge on any atom is 0.240 e. The van der Waals surface area contributed by atoms with Crippen LogP contribution in [0.2, 0.25) is 0 Å². The van der Waals surface area contributed by atoms with Crippen LogP contribution in [0.4, 0.5) is 0 Å². The topological polar surface area (TPSA) is 95.2 Å². The lowest BCUT2D eigenvalue weighted by atomic mass is 9.87. The molecule has 2 aromatic heterocycles. The fourth-order valence-electron chi connectivity index (χ4n) is 5.89. The highest BCUT2D eigenvalue weighted by Gasteiger charge is 2.25. The summed E-state index contributed by atoms with van der Waals surface area (Å²) in [5.41, 5.74) is 8.14. The summed E-state index contributed by atoms with van der Waals surface area (Å²) < 4.78 is 27.4. The molecule has 0 unspecified atom stereocenters. The summed E-state index contributed by atoms with van der Waals surface area (Å²) in [4.78, 5) is 23.1. The van der Waals surface area contributed by atoms with Crippen molar-refractivity contribution in [3.63, 3.8) is 0 Å². The van der Waals surface area contributed by atoms with Crippen molar-refractivity contribution < 1.29 is 13.2 Å². The number of fused-ring (bicyclic) bond motifs is 1. The number of nitrogens with one attached hydrogen (secondary N) is 2. The molecule has 1 fully saturated rings. The van der Waals surface area contributed by atoms with Crippen LogP contribution in [0.3, 0.4) is 0 Å². The summed E-state index contributed by atoms with van der Waals surface area (Å²) in [5.74, 6) is 0.727. The van der Waals surface area contributed by atoms with Crippen molar-refractivity contribution in [3.05, 3.63) is 83.2 Å². The lowest BCUT2D eigenvalue weighted by Crippen LogP contribution is -2.39. The van der Waals surface area contributed by atoms with Crippen LogP contribution in [0.25, 0.3) is 22.2 Å². The summed E-state index contributed by atoms with van der Waals surface area (Å²) in [6.07, 6.45) is 1.94. The van der Waals surface area contributed by atoms with Crippen LogP contribution in [0.5, 0.6) is 0 Å². The van der Waals surface area contributed by atoms with Gasteiger partial charge in [0.05, 0.1) is 10.6 Å². The zero-order valence-corrected chi connectivity index (χ0v) is 24.5. The zero-order chi connectivity index (χ0) is 28.4. The number of carbonyl (C=O) groups excluding carboxylic acids is 1. The molecule has 1 saturated heterocycles. The maximum atomic E-state index is 12.8. The first-order valence-electron chi connectivity index (χ1n) is 14.1. The molecule has 0 saturated carbocycles. The Morgan fingerprint density at radius 3 is 2.35 bits per heavy atom. The predicted molar refractivity (Wildman–Crippen MR) is 160 cm³/mol. The van der Waals surface area contributed by atoms with Gasteiger partial charge in [-0.1, -0.05) is 38.1 Å². The van der Waals surface area contributed by atoms with Gasteiger partial charge in [0.2, 0.25) is 15.9 Å². The normalized spacial score (nSPS) is 14.8. The van der Waals surface area contributed by atoms with Gasteiger partial charge >= 0.3 is 0 Å². The Labute approximate surface area is 237 Å². The summed E-state index contributed by atoms with van der Waals surface area (Å²) >= 11 is 0. The minimum atomic E-state index is -3.61. The molecule has 1 amide bonds. The van der Waals surface area contributed by atoms with Crippen LogP contribution >= 0.6 is 0 Å². The molecule has 2 aromatic carbocycles. The van der Waals surface area contributed by atoms with Crippen LogP contribution in [-0.2, 0) is 14.8 Å². The fraction of sp³-hybridized carbons (Fsp3) is 0.375. The molecule has 5 rings (SSSR count). The number of sulfonamides is 1. The van der Waals surface area contributed by atoms with Crippen LogP contribution in [-0.4, -0.2) is 48.8 Å². The van der Waals surface area contributed by atoms with E-state index in [0.717, 1.165) is 29.7 Å². The third-order valence-electron chi connectivity index (χ3n) is 7.81. The fourth-order valence-corrected chi connectivity index (χ4v) is 6.94. The molecule has 1 aliphatic heterocycles. The third-order valence-corrected chi connectivity index (χ3v) is 9.29. The van der Waals surface area contributed by atoms with Crippen molar-refractivity contribution in [2.45, 2.75) is 63.7 Å². The van der Waals surface area contributed by atoms with Gasteiger partial charge in [-0.25, -0.2) is 13.1 Å². The van der Waals surface area contributed by atoms with Gasteiger partial charge in [-0.05, 0) is 86.1 Å². The number of amides is 1. The second-order valence-electron chi connectivity index (χ2n) is 11.1. The molecule has 210 valence electrons. The van der Waals surface area contributed by atoms with Gasteiger partial charge in [-0.15, -0.1) is 0 Å². The molecule has 3 heterocycles. The second-order valence-corrected chi connectivity index (χ2v) is 12.9. The first kappa shape index (κ1) is 28.1. The van der Waals surface area contributed by atoms with E-state index in [9.17, 15) is 13.2 Å². The van der Waals surface area contributed by atoms with Gasteiger partial charge in [0.15, 0.2) is 0 Å². The largest absolute Gasteiger partial charge is 0.354 e. The number of aromatic nitrogens is 2. The molecule has 0 spiro atoms. The van der Waals surface area contributed by atoms with E-state index >= 15 is 0 Å². The summed E-state index contributed by atoms with van der Waals surface area (Å²) in [5, 5.41) is 1.26. The number of likely N-dealkylation sites (tertiary alicyclic amines) is 1. The van der Waals surface area contributed by atoms with Crippen molar-refractivity contribution in [2.24, 2.45) is 0 Å². The minimum Gasteiger partial charge on any atom is -0.354 e. The highest BCUT2D eigenvalue weighted by atomic mass is 32.2. The molecule has 0 aliphatic carbocycles. The number of aromatic amines is 1. The van der Waals surface area contributed by atoms with Crippen molar-refractivity contribution in [1.82, 2.24) is 19.6 Å². The van der Waals surface area contributed by atoms with E-state index in [4.69, 9.17) is 0 Å². The SMILES string of the molecule is Cc1cc(-c2[nH]c3ccc(C4CCN(C(=O)CCNS(=O)(=O)c5ccccc5)CC4)cc3c2C(C)C)cc(C)n1. The molecule has 8 heteroatoms. The van der Waals surface area contributed by atoms with E-state index in [1.807, 2.05) is 18.7 Å². The highest BCUT2D eigenvalue weighted by molar-refractivity contribution is 7.89. The molecule has 2 N–H and O–H groups in total. The number of pyridine rings is 1. The molecule has 1 aliphatic rings. The van der Waals surface area contributed by atoms with E-state index in [1.54, 1.807) is 30.3 Å². The highest BCUT2D eigenvalue weighted by Crippen LogP contribution is 2.38. The Morgan fingerprint density at radius 2 is 1.70 bits per heavy atom. The standard InChI is InChI=1S/C32H38N4O3S/c1-21(2)31-28-20-25(10-11-29(28)35-32(31)26-18-22(3)34-23(4)19-26)24-13-16-36(17-14-24)30(37)12-15-33-40(38,39)27-8-6-5-7-9-27/h5-11,18-21,24,33,35H,12-17H2,1-4H3. The molecule has 40 heavy (non-hydrogen) atoms. The van der Waals surface area contributed by atoms with Crippen LogP contribution in [0, 0.1) is 13.8 Å². The van der Waals surface area contributed by atoms with E-state index in [2.05, 4.69) is 58.9 Å². The van der Waals surface area contributed by atoms with Gasteiger partial charge in [0.25, 0.3) is 0 Å². The van der Waals surface area contributed by atoms with E-state index in [1.165, 1.54) is 27.8 Å². The first-order chi connectivity index (χ1) is 19.1. The molecular weight excluding hydrogens is 520 g/mol. The molecule has 0 atom stereocenters. The first-order valence-corrected chi connectivity index (χ1v) is 15.5. The van der Waals surface area contributed by atoms with Gasteiger partial charge in [0.1, 0.15) is 0 Å². The molecule has 0 radical (unpaired) electrons. The Bertz CT molecular complexity index is 1600. The Balaban J connectivity index is 1.25. The lowest BCUT2D eigenvalue weighted by molar-refractivity contribution is -0.132. The Kier molecular flexibility index (Phi) is 8.10. The van der Waals surface area contributed by atoms with Crippen LogP contribution < -0.4 is 4.72 Å². The number of carbonyl (C=O) groups is 1. The Hall–Kier alpha value is -3.49. The maximum absolute atomic E-state index is 12.8. The third kappa shape index (κ3) is 5.98. The van der Waals surface area contributed by atoms with E-state index < -0.39 is 10.0 Å². The summed E-state index contributed by atoms with van der Waals surface area (Å²) in [6, 6.07) is 19.3. The molecule has 4 aromatic rings. The van der Waals surface area contributed by atoms with Gasteiger partial charge in [0, 0.05) is 53.9 Å². The smallest absolute Gasteiger partial charge is 0.240 e. The lowest BCUT2D eigenvalue weighted by Gasteiger charge is -2.32. The number of aryl methyl sites for hydroxylation is 2. The molecule has 7 nitrogen and oxygen atoms in total. The van der Waals surface area contributed by atoms with Crippen molar-refractivity contribution >= 4 is 26.8 Å². The van der Waals surface area contributed by atoms with Crippen molar-refractivity contribution in [3.8, 4) is 11.3 Å². The number of hydrogen-bond donors (Lipinski definition) is 2. The number of piperidine rings is 1.